The summed E-state index contributed by atoms with van der Waals surface area (Å²) in [5.74, 6) is 1.65. The van der Waals surface area contributed by atoms with Crippen LogP contribution >= 0.6 is 23.5 Å². The van der Waals surface area contributed by atoms with Crippen LogP contribution in [0, 0.1) is 0 Å². The minimum Gasteiger partial charge on any atom is -0.461 e. The van der Waals surface area contributed by atoms with Crippen LogP contribution in [0.1, 0.15) is 29.9 Å². The second kappa shape index (κ2) is 10.2. The van der Waals surface area contributed by atoms with E-state index >= 15 is 0 Å². The average Bonchev–Trinajstić information content (AvgIpc) is 3.27. The molecule has 2 aliphatic heterocycles. The number of esters is 1. The van der Waals surface area contributed by atoms with E-state index in [0.29, 0.717) is 4.58 Å². The zero-order chi connectivity index (χ0) is 21.6. The molecule has 0 aromatic heterocycles. The molecule has 1 atom stereocenters. The van der Waals surface area contributed by atoms with Gasteiger partial charge in [0.15, 0.2) is 0 Å². The summed E-state index contributed by atoms with van der Waals surface area (Å²) < 4.78 is 5.51. The highest BCUT2D eigenvalue weighted by Crippen LogP contribution is 2.44. The Bertz CT molecular complexity index is 962. The maximum atomic E-state index is 13.2. The van der Waals surface area contributed by atoms with Crippen LogP contribution in [0.4, 0.5) is 11.4 Å². The molecule has 0 spiro atoms. The molecule has 1 fully saturated rings. The lowest BCUT2D eigenvalue weighted by Gasteiger charge is -2.24. The first-order valence-electron chi connectivity index (χ1n) is 10.4. The quantitative estimate of drug-likeness (QED) is 0.637. The van der Waals surface area contributed by atoms with Gasteiger partial charge in [0.2, 0.25) is 5.91 Å². The number of ether oxygens (including phenoxy) is 1. The summed E-state index contributed by atoms with van der Waals surface area (Å²) in [6.07, 6.45) is 1.44. The number of para-hydroxylation sites is 1. The van der Waals surface area contributed by atoms with Crippen molar-refractivity contribution in [3.63, 3.8) is 0 Å². The van der Waals surface area contributed by atoms with Crippen LogP contribution in [0.25, 0.3) is 0 Å². The summed E-state index contributed by atoms with van der Waals surface area (Å²) in [6.45, 7) is 2.02. The fourth-order valence-corrected chi connectivity index (χ4v) is 6.41. The number of anilines is 2. The Morgan fingerprint density at radius 2 is 1.90 bits per heavy atom. The van der Waals surface area contributed by atoms with Crippen LogP contribution in [-0.4, -0.2) is 41.7 Å². The molecule has 2 aromatic carbocycles. The number of hydrazone groups is 1. The summed E-state index contributed by atoms with van der Waals surface area (Å²) >= 11 is 3.89. The number of hydrogen-bond acceptors (Lipinski definition) is 7. The van der Waals surface area contributed by atoms with Gasteiger partial charge in [-0.3, -0.25) is 9.80 Å². The minimum atomic E-state index is -0.621. The van der Waals surface area contributed by atoms with Gasteiger partial charge in [-0.25, -0.2) is 4.79 Å². The van der Waals surface area contributed by atoms with E-state index in [1.807, 2.05) is 72.1 Å². The van der Waals surface area contributed by atoms with Crippen molar-refractivity contribution in [2.24, 2.45) is 5.10 Å². The smallest absolute Gasteiger partial charge is 0.354 e. The Labute approximate surface area is 190 Å². The SMILES string of the molecule is CCOC(=O)C1=NN(c2ccccc2)C(C(=O)Nc2cccc(C3SCCCS3)c2)C1. The molecule has 1 N–H and O–H groups in total. The summed E-state index contributed by atoms with van der Waals surface area (Å²) in [5.41, 5.74) is 2.98. The highest BCUT2D eigenvalue weighted by molar-refractivity contribution is 8.16. The molecule has 6 nitrogen and oxygen atoms in total. The number of nitrogens with zero attached hydrogens (tertiary/aromatic N) is 2. The Balaban J connectivity index is 1.52. The van der Waals surface area contributed by atoms with Crippen LogP contribution in [0.2, 0.25) is 0 Å². The first-order chi connectivity index (χ1) is 15.2. The maximum Gasteiger partial charge on any atom is 0.354 e. The second-order valence-corrected chi connectivity index (χ2v) is 9.93. The fraction of sp³-hybridized carbons (Fsp3) is 0.348. The molecule has 0 radical (unpaired) electrons. The van der Waals surface area contributed by atoms with Gasteiger partial charge in [0.25, 0.3) is 0 Å². The maximum absolute atomic E-state index is 13.2. The van der Waals surface area contributed by atoms with Crippen molar-refractivity contribution in [2.75, 3.05) is 28.4 Å². The number of carbonyl (C=O) groups is 2. The number of amides is 1. The lowest BCUT2D eigenvalue weighted by Crippen LogP contribution is -2.38. The number of thioether (sulfide) groups is 2. The fourth-order valence-electron chi connectivity index (χ4n) is 3.54. The van der Waals surface area contributed by atoms with Crippen molar-refractivity contribution in [3.05, 3.63) is 60.2 Å². The zero-order valence-corrected chi connectivity index (χ0v) is 19.0. The van der Waals surface area contributed by atoms with E-state index in [4.69, 9.17) is 4.74 Å². The van der Waals surface area contributed by atoms with Crippen LogP contribution < -0.4 is 10.3 Å². The van der Waals surface area contributed by atoms with Gasteiger partial charge >= 0.3 is 5.97 Å². The molecule has 2 aromatic rings. The Morgan fingerprint density at radius 3 is 2.65 bits per heavy atom. The topological polar surface area (TPSA) is 71.0 Å². The van der Waals surface area contributed by atoms with Gasteiger partial charge in [-0.15, -0.1) is 23.5 Å². The third kappa shape index (κ3) is 5.25. The molecular weight excluding hydrogens is 430 g/mol. The van der Waals surface area contributed by atoms with Crippen molar-refractivity contribution < 1.29 is 14.3 Å². The molecule has 0 saturated carbocycles. The third-order valence-corrected chi connectivity index (χ3v) is 8.01. The monoisotopic (exact) mass is 455 g/mol. The number of benzene rings is 2. The van der Waals surface area contributed by atoms with Gasteiger partial charge in [0.05, 0.1) is 16.9 Å². The highest BCUT2D eigenvalue weighted by atomic mass is 32.2. The van der Waals surface area contributed by atoms with Crippen molar-refractivity contribution in [2.45, 2.75) is 30.4 Å². The number of rotatable bonds is 6. The summed E-state index contributed by atoms with van der Waals surface area (Å²) in [4.78, 5) is 25.5. The lowest BCUT2D eigenvalue weighted by atomic mass is 10.1. The molecule has 0 bridgehead atoms. The zero-order valence-electron chi connectivity index (χ0n) is 17.3. The lowest BCUT2D eigenvalue weighted by molar-refractivity contribution is -0.135. The second-order valence-electron chi connectivity index (χ2n) is 7.21. The molecule has 1 unspecified atom stereocenters. The normalized spacial score (nSPS) is 19.1. The van der Waals surface area contributed by atoms with Crippen molar-refractivity contribution in [1.82, 2.24) is 0 Å². The molecule has 31 heavy (non-hydrogen) atoms. The molecule has 1 saturated heterocycles. The van der Waals surface area contributed by atoms with Gasteiger partial charge in [-0.05, 0) is 54.7 Å². The van der Waals surface area contributed by atoms with Gasteiger partial charge in [0, 0.05) is 12.1 Å². The molecule has 0 aliphatic carbocycles. The van der Waals surface area contributed by atoms with Gasteiger partial charge in [-0.2, -0.15) is 5.10 Å². The summed E-state index contributed by atoms with van der Waals surface area (Å²) in [7, 11) is 0. The van der Waals surface area contributed by atoms with Crippen LogP contribution in [0.5, 0.6) is 0 Å². The van der Waals surface area contributed by atoms with Crippen LogP contribution in [0.3, 0.4) is 0 Å². The van der Waals surface area contributed by atoms with E-state index < -0.39 is 12.0 Å². The van der Waals surface area contributed by atoms with E-state index in [2.05, 4.69) is 16.5 Å². The summed E-state index contributed by atoms with van der Waals surface area (Å²) in [6, 6.07) is 16.8. The van der Waals surface area contributed by atoms with E-state index in [1.165, 1.54) is 12.0 Å². The van der Waals surface area contributed by atoms with Gasteiger partial charge < -0.3 is 10.1 Å². The number of carbonyl (C=O) groups excluding carboxylic acids is 2. The van der Waals surface area contributed by atoms with Gasteiger partial charge in [-0.1, -0.05) is 30.3 Å². The predicted octanol–water partition coefficient (Wildman–Crippen LogP) is 4.69. The van der Waals surface area contributed by atoms with E-state index in [0.717, 1.165) is 22.9 Å². The number of nitrogens with one attached hydrogen (secondary N) is 1. The Morgan fingerprint density at radius 1 is 1.13 bits per heavy atom. The third-order valence-electron chi connectivity index (χ3n) is 5.00. The van der Waals surface area contributed by atoms with Crippen LogP contribution in [-0.2, 0) is 14.3 Å². The van der Waals surface area contributed by atoms with Crippen LogP contribution in [0.15, 0.2) is 59.7 Å². The van der Waals surface area contributed by atoms with E-state index in [9.17, 15) is 9.59 Å². The van der Waals surface area contributed by atoms with Crippen molar-refractivity contribution in [1.29, 1.82) is 0 Å². The largest absolute Gasteiger partial charge is 0.461 e. The van der Waals surface area contributed by atoms with E-state index in [1.54, 1.807) is 11.9 Å². The molecule has 2 heterocycles. The van der Waals surface area contributed by atoms with Crippen molar-refractivity contribution in [3.8, 4) is 0 Å². The average molecular weight is 456 g/mol. The number of hydrogen-bond donors (Lipinski definition) is 1. The molecule has 8 heteroatoms. The standard InChI is InChI=1S/C23H25N3O3S2/c1-2-29-22(28)19-15-20(26(25-19)18-10-4-3-5-11-18)21(27)24-17-9-6-8-16(14-17)23-30-12-7-13-31-23/h3-6,8-11,14,20,23H,2,7,12-13,15H2,1H3,(H,24,27). The summed E-state index contributed by atoms with van der Waals surface area (Å²) in [5, 5.41) is 9.06. The first-order valence-corrected chi connectivity index (χ1v) is 12.5. The predicted molar refractivity (Wildman–Crippen MR) is 129 cm³/mol. The Kier molecular flexibility index (Phi) is 7.19. The van der Waals surface area contributed by atoms with Crippen molar-refractivity contribution >= 4 is 52.5 Å². The molecule has 4 rings (SSSR count). The van der Waals surface area contributed by atoms with Gasteiger partial charge in [0.1, 0.15) is 11.8 Å². The molecule has 162 valence electrons. The molecule has 1 amide bonds. The Hall–Kier alpha value is -2.45. The minimum absolute atomic E-state index is 0.201. The highest BCUT2D eigenvalue weighted by Gasteiger charge is 2.37. The van der Waals surface area contributed by atoms with E-state index in [-0.39, 0.29) is 24.6 Å². The molecule has 2 aliphatic rings. The first kappa shape index (κ1) is 21.8. The molecular formula is C23H25N3O3S2.